The van der Waals surface area contributed by atoms with Crippen molar-refractivity contribution in [3.05, 3.63) is 40.5 Å². The Labute approximate surface area is 148 Å². The minimum Gasteiger partial charge on any atom is -0.496 e. The van der Waals surface area contributed by atoms with E-state index < -0.39 is 0 Å². The maximum atomic E-state index is 5.44. The topological polar surface area (TPSA) is 84.6 Å². The molecule has 0 amide bonds. The van der Waals surface area contributed by atoms with E-state index in [0.29, 0.717) is 25.0 Å². The minimum atomic E-state index is 0.348. The largest absolute Gasteiger partial charge is 0.496 e. The number of hydrogen-bond acceptors (Lipinski definition) is 5. The summed E-state index contributed by atoms with van der Waals surface area (Å²) in [4.78, 5) is 8.70. The highest BCUT2D eigenvalue weighted by atomic mass is 16.5. The molecule has 136 valence electrons. The molecule has 2 heterocycles. The van der Waals surface area contributed by atoms with Gasteiger partial charge in [-0.25, -0.2) is 0 Å². The Hall–Kier alpha value is -2.57. The maximum Gasteiger partial charge on any atom is 0.191 e. The molecule has 2 aromatic heterocycles. The van der Waals surface area contributed by atoms with Crippen LogP contribution in [0.25, 0.3) is 0 Å². The second-order valence-corrected chi connectivity index (χ2v) is 6.20. The van der Waals surface area contributed by atoms with E-state index in [1.165, 1.54) is 0 Å². The summed E-state index contributed by atoms with van der Waals surface area (Å²) in [6.45, 7) is 9.23. The minimum absolute atomic E-state index is 0.348. The van der Waals surface area contributed by atoms with E-state index in [9.17, 15) is 0 Å². The summed E-state index contributed by atoms with van der Waals surface area (Å²) >= 11 is 0. The lowest BCUT2D eigenvalue weighted by molar-refractivity contribution is 0.372. The maximum absolute atomic E-state index is 5.44. The van der Waals surface area contributed by atoms with Crippen LogP contribution < -0.4 is 15.4 Å². The van der Waals surface area contributed by atoms with Crippen LogP contribution in [-0.4, -0.2) is 30.3 Å². The predicted molar refractivity (Wildman–Crippen MR) is 97.9 cm³/mol. The molecule has 2 N–H and O–H groups in total. The molecule has 0 radical (unpaired) electrons. The van der Waals surface area contributed by atoms with Gasteiger partial charge in [0.05, 0.1) is 31.6 Å². The van der Waals surface area contributed by atoms with Gasteiger partial charge in [-0.05, 0) is 19.8 Å². The van der Waals surface area contributed by atoms with Crippen LogP contribution >= 0.6 is 0 Å². The van der Waals surface area contributed by atoms with Gasteiger partial charge >= 0.3 is 0 Å². The van der Waals surface area contributed by atoms with Gasteiger partial charge in [-0.15, -0.1) is 0 Å². The second kappa shape index (κ2) is 8.50. The van der Waals surface area contributed by atoms with Crippen molar-refractivity contribution in [1.29, 1.82) is 0 Å². The van der Waals surface area contributed by atoms with Crippen LogP contribution in [0, 0.1) is 13.8 Å². The van der Waals surface area contributed by atoms with Gasteiger partial charge in [-0.1, -0.05) is 19.0 Å². The quantitative estimate of drug-likeness (QED) is 0.618. The van der Waals surface area contributed by atoms with Crippen molar-refractivity contribution in [2.24, 2.45) is 4.99 Å². The van der Waals surface area contributed by atoms with Gasteiger partial charge in [-0.3, -0.25) is 9.98 Å². The third kappa shape index (κ3) is 4.71. The highest BCUT2D eigenvalue weighted by Crippen LogP contribution is 2.23. The van der Waals surface area contributed by atoms with Crippen molar-refractivity contribution in [2.45, 2.75) is 46.7 Å². The van der Waals surface area contributed by atoms with E-state index in [4.69, 9.17) is 9.26 Å². The van der Waals surface area contributed by atoms with Crippen LogP contribution in [0.2, 0.25) is 0 Å². The number of rotatable bonds is 6. The molecule has 0 aliphatic carbocycles. The molecule has 0 unspecified atom stereocenters. The fraction of sp³-hybridized carbons (Fsp3) is 0.500. The molecule has 0 aromatic carbocycles. The monoisotopic (exact) mass is 345 g/mol. The molecule has 25 heavy (non-hydrogen) atoms. The molecule has 7 nitrogen and oxygen atoms in total. The first-order chi connectivity index (χ1) is 12.0. The van der Waals surface area contributed by atoms with E-state index in [0.717, 1.165) is 34.0 Å². The summed E-state index contributed by atoms with van der Waals surface area (Å²) < 4.78 is 10.8. The zero-order chi connectivity index (χ0) is 18.4. The van der Waals surface area contributed by atoms with Crippen LogP contribution in [0.15, 0.2) is 21.8 Å². The van der Waals surface area contributed by atoms with Gasteiger partial charge in [0.2, 0.25) is 0 Å². The van der Waals surface area contributed by atoms with Gasteiger partial charge in [0.25, 0.3) is 0 Å². The summed E-state index contributed by atoms with van der Waals surface area (Å²) in [6.07, 6.45) is 1.82. The number of aliphatic imine (C=N–C) groups is 1. The van der Waals surface area contributed by atoms with Crippen LogP contribution in [0.5, 0.6) is 5.75 Å². The van der Waals surface area contributed by atoms with Gasteiger partial charge in [0.1, 0.15) is 5.75 Å². The highest BCUT2D eigenvalue weighted by Gasteiger charge is 2.11. The number of pyridine rings is 1. The summed E-state index contributed by atoms with van der Waals surface area (Å²) in [7, 11) is 3.40. The van der Waals surface area contributed by atoms with Gasteiger partial charge in [0, 0.05) is 30.4 Å². The van der Waals surface area contributed by atoms with Crippen LogP contribution in [0.3, 0.4) is 0 Å². The Kier molecular flexibility index (Phi) is 6.38. The Morgan fingerprint density at radius 3 is 2.60 bits per heavy atom. The van der Waals surface area contributed by atoms with Crippen LogP contribution in [0.4, 0.5) is 0 Å². The molecule has 7 heteroatoms. The molecular formula is C18H27N5O2. The number of nitrogens with one attached hydrogen (secondary N) is 2. The number of methoxy groups -OCH3 is 1. The summed E-state index contributed by atoms with van der Waals surface area (Å²) in [5.41, 5.74) is 3.93. The predicted octanol–water partition coefficient (Wildman–Crippen LogP) is 2.68. The smallest absolute Gasteiger partial charge is 0.191 e. The summed E-state index contributed by atoms with van der Waals surface area (Å²) in [6, 6.07) is 1.96. The molecule has 0 atom stereocenters. The van der Waals surface area contributed by atoms with E-state index in [1.807, 2.05) is 26.1 Å². The Bertz CT molecular complexity index is 737. The van der Waals surface area contributed by atoms with E-state index >= 15 is 0 Å². The lowest BCUT2D eigenvalue weighted by Crippen LogP contribution is -2.36. The Balaban J connectivity index is 1.94. The third-order valence-electron chi connectivity index (χ3n) is 4.00. The van der Waals surface area contributed by atoms with Crippen molar-refractivity contribution in [3.63, 3.8) is 0 Å². The molecule has 0 bridgehead atoms. The van der Waals surface area contributed by atoms with Crippen LogP contribution in [0.1, 0.15) is 48.0 Å². The number of ether oxygens (including phenoxy) is 1. The van der Waals surface area contributed by atoms with Crippen molar-refractivity contribution < 1.29 is 9.26 Å². The lowest BCUT2D eigenvalue weighted by atomic mass is 10.1. The molecule has 2 rings (SSSR count). The van der Waals surface area contributed by atoms with Gasteiger partial charge in [-0.2, -0.15) is 0 Å². The average molecular weight is 345 g/mol. The summed E-state index contributed by atoms with van der Waals surface area (Å²) in [5.74, 6) is 2.67. The van der Waals surface area contributed by atoms with E-state index in [1.54, 1.807) is 14.2 Å². The van der Waals surface area contributed by atoms with Crippen LogP contribution in [-0.2, 0) is 13.1 Å². The molecule has 0 fully saturated rings. The van der Waals surface area contributed by atoms with Crippen molar-refractivity contribution in [2.75, 3.05) is 14.2 Å². The normalized spacial score (nSPS) is 11.7. The zero-order valence-corrected chi connectivity index (χ0v) is 15.8. The molecule has 0 saturated carbocycles. The van der Waals surface area contributed by atoms with Crippen molar-refractivity contribution in [1.82, 2.24) is 20.8 Å². The van der Waals surface area contributed by atoms with E-state index in [-0.39, 0.29) is 0 Å². The van der Waals surface area contributed by atoms with Gasteiger partial charge < -0.3 is 19.9 Å². The molecular weight excluding hydrogens is 318 g/mol. The zero-order valence-electron chi connectivity index (χ0n) is 15.8. The SMILES string of the molecule is CN=C(NCc1cc(C(C)C)no1)NCc1ncc(C)c(OC)c1C. The summed E-state index contributed by atoms with van der Waals surface area (Å²) in [5, 5.41) is 10.5. The average Bonchev–Trinajstić information content (AvgIpc) is 3.06. The molecule has 0 spiro atoms. The third-order valence-corrected chi connectivity index (χ3v) is 4.00. The first kappa shape index (κ1) is 18.8. The van der Waals surface area contributed by atoms with E-state index in [2.05, 4.69) is 39.6 Å². The van der Waals surface area contributed by atoms with Gasteiger partial charge in [0.15, 0.2) is 11.7 Å². The molecule has 0 aliphatic heterocycles. The van der Waals surface area contributed by atoms with Crippen molar-refractivity contribution >= 4 is 5.96 Å². The fourth-order valence-electron chi connectivity index (χ4n) is 2.49. The Morgan fingerprint density at radius 1 is 1.28 bits per heavy atom. The first-order valence-corrected chi connectivity index (χ1v) is 8.35. The lowest BCUT2D eigenvalue weighted by Gasteiger charge is -2.14. The number of nitrogens with zero attached hydrogens (tertiary/aromatic N) is 3. The molecule has 0 aliphatic rings. The van der Waals surface area contributed by atoms with Crippen molar-refractivity contribution in [3.8, 4) is 5.75 Å². The molecule has 0 saturated heterocycles. The first-order valence-electron chi connectivity index (χ1n) is 8.35. The number of hydrogen-bond donors (Lipinski definition) is 2. The Morgan fingerprint density at radius 2 is 2.00 bits per heavy atom. The fourth-order valence-corrected chi connectivity index (χ4v) is 2.49. The number of aromatic nitrogens is 2. The number of guanidine groups is 1. The standard InChI is InChI=1S/C18H27N5O2/c1-11(2)15-7-14(25-23-15)9-21-18(19-5)22-10-16-13(4)17(24-6)12(3)8-20-16/h7-8,11H,9-10H2,1-6H3,(H2,19,21,22). The molecule has 2 aromatic rings. The highest BCUT2D eigenvalue weighted by molar-refractivity contribution is 5.79. The second-order valence-electron chi connectivity index (χ2n) is 6.20. The number of aryl methyl sites for hydroxylation is 1.